The van der Waals surface area contributed by atoms with Gasteiger partial charge in [-0.2, -0.15) is 0 Å². The van der Waals surface area contributed by atoms with Crippen molar-refractivity contribution in [2.24, 2.45) is 11.7 Å². The molecule has 0 saturated heterocycles. The molecule has 1 aromatic rings. The molecule has 0 spiro atoms. The molecule has 1 aromatic carbocycles. The van der Waals surface area contributed by atoms with Gasteiger partial charge < -0.3 is 16.2 Å². The Labute approximate surface area is 111 Å². The number of hydrogen-bond acceptors (Lipinski definition) is 3. The molecule has 0 radical (unpaired) electrons. The van der Waals surface area contributed by atoms with Gasteiger partial charge in [-0.05, 0) is 50.3 Å². The van der Waals surface area contributed by atoms with Gasteiger partial charge in [-0.1, -0.05) is 6.07 Å². The third-order valence-electron chi connectivity index (χ3n) is 3.67. The van der Waals surface area contributed by atoms with Gasteiger partial charge in [-0.15, -0.1) is 0 Å². The molecular weight excluding hydrogens is 244 g/mol. The van der Waals surface area contributed by atoms with Gasteiger partial charge in [-0.25, -0.2) is 4.79 Å². The lowest BCUT2D eigenvalue weighted by molar-refractivity contribution is -0.142. The van der Waals surface area contributed by atoms with Crippen LogP contribution in [0.2, 0.25) is 0 Å². The molecule has 1 amide bonds. The third kappa shape index (κ3) is 2.54. The SMILES string of the molecule is Cc1ccc(C(N)=O)c(NC(C)(C(=O)O)C2CC2)c1. The van der Waals surface area contributed by atoms with E-state index in [1.807, 2.05) is 6.92 Å². The first-order chi connectivity index (χ1) is 8.84. The molecular formula is C14H18N2O3. The minimum absolute atomic E-state index is 0.0891. The van der Waals surface area contributed by atoms with Crippen LogP contribution in [0.1, 0.15) is 35.7 Å². The Hall–Kier alpha value is -2.04. The number of rotatable bonds is 5. The van der Waals surface area contributed by atoms with Gasteiger partial charge in [0.25, 0.3) is 5.91 Å². The van der Waals surface area contributed by atoms with Crippen LogP contribution in [0.5, 0.6) is 0 Å². The van der Waals surface area contributed by atoms with Gasteiger partial charge in [-0.3, -0.25) is 4.79 Å². The number of benzene rings is 1. The maximum Gasteiger partial charge on any atom is 0.329 e. The molecule has 5 nitrogen and oxygen atoms in total. The van der Waals surface area contributed by atoms with Crippen LogP contribution in [0.25, 0.3) is 0 Å². The lowest BCUT2D eigenvalue weighted by Crippen LogP contribution is -2.46. The van der Waals surface area contributed by atoms with E-state index in [1.165, 1.54) is 0 Å². The Balaban J connectivity index is 2.38. The summed E-state index contributed by atoms with van der Waals surface area (Å²) >= 11 is 0. The molecule has 1 atom stereocenters. The van der Waals surface area contributed by atoms with Crippen molar-refractivity contribution in [2.75, 3.05) is 5.32 Å². The zero-order valence-electron chi connectivity index (χ0n) is 11.1. The number of anilines is 1. The number of nitrogens with two attached hydrogens (primary N) is 1. The third-order valence-corrected chi connectivity index (χ3v) is 3.67. The molecule has 102 valence electrons. The molecule has 1 fully saturated rings. The van der Waals surface area contributed by atoms with Crippen LogP contribution in [0.4, 0.5) is 5.69 Å². The number of primary amides is 1. The zero-order chi connectivity index (χ0) is 14.2. The van der Waals surface area contributed by atoms with Crippen LogP contribution in [0.3, 0.4) is 0 Å². The number of carboxylic acid groups (broad SMARTS) is 1. The van der Waals surface area contributed by atoms with Crippen LogP contribution in [0.15, 0.2) is 18.2 Å². The second kappa shape index (κ2) is 4.57. The Kier molecular flexibility index (Phi) is 3.22. The first-order valence-electron chi connectivity index (χ1n) is 6.26. The highest BCUT2D eigenvalue weighted by molar-refractivity contribution is 5.99. The van der Waals surface area contributed by atoms with Crippen LogP contribution < -0.4 is 11.1 Å². The van der Waals surface area contributed by atoms with Crippen molar-refractivity contribution in [3.05, 3.63) is 29.3 Å². The molecule has 0 aliphatic heterocycles. The second-order valence-electron chi connectivity index (χ2n) is 5.32. The Morgan fingerprint density at radius 2 is 2.05 bits per heavy atom. The van der Waals surface area contributed by atoms with E-state index in [4.69, 9.17) is 5.73 Å². The van der Waals surface area contributed by atoms with Crippen LogP contribution in [0, 0.1) is 12.8 Å². The average molecular weight is 262 g/mol. The lowest BCUT2D eigenvalue weighted by atomic mass is 9.94. The zero-order valence-corrected chi connectivity index (χ0v) is 11.1. The van der Waals surface area contributed by atoms with Crippen molar-refractivity contribution in [2.45, 2.75) is 32.2 Å². The van der Waals surface area contributed by atoms with Gasteiger partial charge in [0.1, 0.15) is 5.54 Å². The van der Waals surface area contributed by atoms with E-state index >= 15 is 0 Å². The molecule has 1 unspecified atom stereocenters. The molecule has 5 heteroatoms. The molecule has 0 heterocycles. The molecule has 4 N–H and O–H groups in total. The van der Waals surface area contributed by atoms with Gasteiger partial charge in [0.05, 0.1) is 5.56 Å². The smallest absolute Gasteiger partial charge is 0.329 e. The van der Waals surface area contributed by atoms with E-state index in [0.717, 1.165) is 18.4 Å². The first kappa shape index (κ1) is 13.4. The second-order valence-corrected chi connectivity index (χ2v) is 5.32. The number of aryl methyl sites for hydroxylation is 1. The number of carboxylic acids is 1. The van der Waals surface area contributed by atoms with Gasteiger partial charge in [0.15, 0.2) is 0 Å². The standard InChI is InChI=1S/C14H18N2O3/c1-8-3-6-10(12(15)17)11(7-8)16-14(2,13(18)19)9-4-5-9/h3,6-7,9,16H,4-5H2,1-2H3,(H2,15,17)(H,18,19). The maximum atomic E-state index is 11.5. The van der Waals surface area contributed by atoms with Crippen molar-refractivity contribution < 1.29 is 14.7 Å². The quantitative estimate of drug-likeness (QED) is 0.753. The highest BCUT2D eigenvalue weighted by Gasteiger charge is 2.47. The number of amides is 1. The number of carbonyl (C=O) groups excluding carboxylic acids is 1. The largest absolute Gasteiger partial charge is 0.480 e. The summed E-state index contributed by atoms with van der Waals surface area (Å²) in [6.07, 6.45) is 1.76. The fourth-order valence-corrected chi connectivity index (χ4v) is 2.25. The molecule has 1 aliphatic carbocycles. The summed E-state index contributed by atoms with van der Waals surface area (Å²) in [5, 5.41) is 12.4. The summed E-state index contributed by atoms with van der Waals surface area (Å²) < 4.78 is 0. The van der Waals surface area contributed by atoms with E-state index in [9.17, 15) is 14.7 Å². The van der Waals surface area contributed by atoms with E-state index < -0.39 is 17.4 Å². The normalized spacial score (nSPS) is 17.6. The fraction of sp³-hybridized carbons (Fsp3) is 0.429. The van der Waals surface area contributed by atoms with Crippen molar-refractivity contribution in [3.8, 4) is 0 Å². The van der Waals surface area contributed by atoms with Gasteiger partial charge in [0.2, 0.25) is 0 Å². The van der Waals surface area contributed by atoms with E-state index in [-0.39, 0.29) is 5.92 Å². The summed E-state index contributed by atoms with van der Waals surface area (Å²) in [6.45, 7) is 3.53. The monoisotopic (exact) mass is 262 g/mol. The lowest BCUT2D eigenvalue weighted by Gasteiger charge is -2.28. The fourth-order valence-electron chi connectivity index (χ4n) is 2.25. The molecule has 0 bridgehead atoms. The average Bonchev–Trinajstić information content (AvgIpc) is 3.12. The first-order valence-corrected chi connectivity index (χ1v) is 6.26. The van der Waals surface area contributed by atoms with E-state index in [2.05, 4.69) is 5.32 Å². The minimum atomic E-state index is -1.06. The van der Waals surface area contributed by atoms with Crippen molar-refractivity contribution in [1.29, 1.82) is 0 Å². The van der Waals surface area contributed by atoms with E-state index in [0.29, 0.717) is 11.3 Å². The summed E-state index contributed by atoms with van der Waals surface area (Å²) in [6, 6.07) is 5.15. The Morgan fingerprint density at radius 1 is 1.42 bits per heavy atom. The highest BCUT2D eigenvalue weighted by Crippen LogP contribution is 2.42. The number of aliphatic carboxylic acids is 1. The van der Waals surface area contributed by atoms with Gasteiger partial charge in [0, 0.05) is 5.69 Å². The predicted molar refractivity (Wildman–Crippen MR) is 72.1 cm³/mol. The van der Waals surface area contributed by atoms with Gasteiger partial charge >= 0.3 is 5.97 Å². The van der Waals surface area contributed by atoms with Crippen molar-refractivity contribution in [3.63, 3.8) is 0 Å². The number of carbonyl (C=O) groups is 2. The maximum absolute atomic E-state index is 11.5. The Bertz CT molecular complexity index is 537. The highest BCUT2D eigenvalue weighted by atomic mass is 16.4. The Morgan fingerprint density at radius 3 is 2.53 bits per heavy atom. The molecule has 2 rings (SSSR count). The van der Waals surface area contributed by atoms with Crippen molar-refractivity contribution >= 4 is 17.6 Å². The van der Waals surface area contributed by atoms with Crippen LogP contribution in [-0.4, -0.2) is 22.5 Å². The number of hydrogen-bond donors (Lipinski definition) is 3. The molecule has 1 aliphatic rings. The summed E-state index contributed by atoms with van der Waals surface area (Å²) in [7, 11) is 0. The van der Waals surface area contributed by atoms with Crippen LogP contribution >= 0.6 is 0 Å². The number of nitrogens with one attached hydrogen (secondary N) is 1. The molecule has 0 aromatic heterocycles. The summed E-state index contributed by atoms with van der Waals surface area (Å²) in [5.74, 6) is -1.38. The van der Waals surface area contributed by atoms with E-state index in [1.54, 1.807) is 25.1 Å². The van der Waals surface area contributed by atoms with Crippen molar-refractivity contribution in [1.82, 2.24) is 0 Å². The van der Waals surface area contributed by atoms with Crippen LogP contribution in [-0.2, 0) is 4.79 Å². The summed E-state index contributed by atoms with van der Waals surface area (Å²) in [4.78, 5) is 22.9. The summed E-state index contributed by atoms with van der Waals surface area (Å²) in [5.41, 5.74) is 6.02. The minimum Gasteiger partial charge on any atom is -0.480 e. The predicted octanol–water partition coefficient (Wildman–Crippen LogP) is 1.76. The topological polar surface area (TPSA) is 92.4 Å². The molecule has 19 heavy (non-hydrogen) atoms. The molecule has 1 saturated carbocycles.